The number of rotatable bonds is 7. The highest BCUT2D eigenvalue weighted by Gasteiger charge is 2.31. The molecule has 0 aromatic heterocycles. The molecule has 0 saturated carbocycles. The summed E-state index contributed by atoms with van der Waals surface area (Å²) in [6.45, 7) is 6.90. The summed E-state index contributed by atoms with van der Waals surface area (Å²) in [7, 11) is 0. The average Bonchev–Trinajstić information content (AvgIpc) is 3.23. The fraction of sp³-hybridized carbons (Fsp3) is 0.458. The number of amides is 1. The molecule has 0 bridgehead atoms. The van der Waals surface area contributed by atoms with Gasteiger partial charge in [0.05, 0.1) is 16.5 Å². The Hall–Kier alpha value is -2.35. The van der Waals surface area contributed by atoms with E-state index in [0.717, 1.165) is 38.0 Å². The van der Waals surface area contributed by atoms with Gasteiger partial charge in [-0.2, -0.15) is 0 Å². The lowest BCUT2D eigenvalue weighted by atomic mass is 10.00. The fourth-order valence-corrected chi connectivity index (χ4v) is 4.52. The highest BCUT2D eigenvalue weighted by molar-refractivity contribution is 6.42. The molecule has 2 heterocycles. The monoisotopic (exact) mass is 496 g/mol. The van der Waals surface area contributed by atoms with E-state index in [-0.39, 0.29) is 5.91 Å². The first-order chi connectivity index (χ1) is 15.7. The van der Waals surface area contributed by atoms with Gasteiger partial charge in [0.25, 0.3) is 0 Å². The number of carboxylic acids is 2. The molecule has 0 spiro atoms. The van der Waals surface area contributed by atoms with Crippen molar-refractivity contribution in [3.05, 3.63) is 58.6 Å². The molecule has 2 unspecified atom stereocenters. The third kappa shape index (κ3) is 8.84. The summed E-state index contributed by atoms with van der Waals surface area (Å²) < 4.78 is 0. The Bertz CT molecular complexity index is 874. The van der Waals surface area contributed by atoms with Crippen molar-refractivity contribution < 1.29 is 24.6 Å². The van der Waals surface area contributed by atoms with Gasteiger partial charge in [0.2, 0.25) is 5.91 Å². The maximum absolute atomic E-state index is 12.9. The highest BCUT2D eigenvalue weighted by atomic mass is 35.5. The van der Waals surface area contributed by atoms with E-state index in [1.165, 1.54) is 19.3 Å². The molecule has 3 rings (SSSR count). The lowest BCUT2D eigenvalue weighted by Crippen LogP contribution is -2.50. The molecule has 1 aromatic carbocycles. The van der Waals surface area contributed by atoms with Crippen molar-refractivity contribution in [2.45, 2.75) is 50.6 Å². The van der Waals surface area contributed by atoms with E-state index in [0.29, 0.717) is 40.7 Å². The fourth-order valence-electron chi connectivity index (χ4n) is 4.20. The van der Waals surface area contributed by atoms with Crippen molar-refractivity contribution in [3.8, 4) is 0 Å². The van der Waals surface area contributed by atoms with Crippen LogP contribution in [0.5, 0.6) is 0 Å². The van der Waals surface area contributed by atoms with Crippen LogP contribution < -0.4 is 0 Å². The second-order valence-corrected chi connectivity index (χ2v) is 8.93. The molecule has 2 N–H and O–H groups in total. The van der Waals surface area contributed by atoms with Crippen LogP contribution in [0.2, 0.25) is 10.0 Å². The predicted octanol–water partition coefficient (Wildman–Crippen LogP) is 4.28. The van der Waals surface area contributed by atoms with Gasteiger partial charge in [-0.3, -0.25) is 9.69 Å². The number of hydrogen-bond acceptors (Lipinski definition) is 4. The molecule has 0 radical (unpaired) electrons. The lowest BCUT2D eigenvalue weighted by Gasteiger charge is -2.39. The Kier molecular flexibility index (Phi) is 10.9. The molecular formula is C24H30Cl2N2O5. The first kappa shape index (κ1) is 26.9. The zero-order valence-electron chi connectivity index (χ0n) is 18.5. The minimum atomic E-state index is -1.26. The van der Waals surface area contributed by atoms with Crippen LogP contribution >= 0.6 is 23.2 Å². The number of carbonyl (C=O) groups excluding carboxylic acids is 1. The van der Waals surface area contributed by atoms with E-state index in [2.05, 4.69) is 22.5 Å². The lowest BCUT2D eigenvalue weighted by molar-refractivity contribution is -0.134. The summed E-state index contributed by atoms with van der Waals surface area (Å²) in [5, 5.41) is 16.7. The van der Waals surface area contributed by atoms with Crippen LogP contribution in [0.4, 0.5) is 0 Å². The number of aliphatic carboxylic acids is 2. The van der Waals surface area contributed by atoms with E-state index >= 15 is 0 Å². The molecule has 2 atom stereocenters. The highest BCUT2D eigenvalue weighted by Crippen LogP contribution is 2.26. The maximum Gasteiger partial charge on any atom is 0.328 e. The summed E-state index contributed by atoms with van der Waals surface area (Å²) in [6, 6.07) is 6.23. The average molecular weight is 497 g/mol. The van der Waals surface area contributed by atoms with Gasteiger partial charge in [0.15, 0.2) is 0 Å². The largest absolute Gasteiger partial charge is 0.478 e. The molecule has 0 aliphatic carbocycles. The number of carbonyl (C=O) groups is 3. The van der Waals surface area contributed by atoms with Crippen molar-refractivity contribution in [1.29, 1.82) is 0 Å². The Labute approximate surface area is 204 Å². The Morgan fingerprint density at radius 2 is 1.70 bits per heavy atom. The van der Waals surface area contributed by atoms with Crippen molar-refractivity contribution in [1.82, 2.24) is 9.80 Å². The van der Waals surface area contributed by atoms with E-state index in [1.807, 2.05) is 6.07 Å². The molecule has 33 heavy (non-hydrogen) atoms. The number of likely N-dealkylation sites (tertiary alicyclic amines) is 2. The normalized spacial score (nSPS) is 20.8. The molecule has 2 saturated heterocycles. The van der Waals surface area contributed by atoms with Crippen LogP contribution in [0.15, 0.2) is 43.0 Å². The summed E-state index contributed by atoms with van der Waals surface area (Å²) in [4.78, 5) is 36.6. The minimum Gasteiger partial charge on any atom is -0.478 e. The quantitative estimate of drug-likeness (QED) is 0.431. The van der Waals surface area contributed by atoms with Crippen molar-refractivity contribution in [3.63, 3.8) is 0 Å². The van der Waals surface area contributed by atoms with Crippen LogP contribution in [0.25, 0.3) is 0 Å². The first-order valence-electron chi connectivity index (χ1n) is 10.9. The minimum absolute atomic E-state index is 0.192. The molecular weight excluding hydrogens is 467 g/mol. The molecule has 2 aliphatic rings. The van der Waals surface area contributed by atoms with E-state index in [1.54, 1.807) is 12.1 Å². The molecule has 1 amide bonds. The topological polar surface area (TPSA) is 98.2 Å². The van der Waals surface area contributed by atoms with Crippen molar-refractivity contribution >= 4 is 41.0 Å². The zero-order chi connectivity index (χ0) is 24.4. The number of hydrogen-bond donors (Lipinski definition) is 2. The summed E-state index contributed by atoms with van der Waals surface area (Å²) >= 11 is 12.1. The molecule has 1 aromatic rings. The molecule has 7 nitrogen and oxygen atoms in total. The summed E-state index contributed by atoms with van der Waals surface area (Å²) in [5.41, 5.74) is 0.925. The maximum atomic E-state index is 12.9. The molecule has 9 heteroatoms. The van der Waals surface area contributed by atoms with Crippen molar-refractivity contribution in [2.24, 2.45) is 0 Å². The van der Waals surface area contributed by atoms with Gasteiger partial charge in [-0.15, -0.1) is 6.58 Å². The standard InChI is InChI=1S/C20H26Cl2N2O.C4H4O4/c1-2-16-7-5-10-23(16)14-17-6-3-4-11-24(17)20(25)13-15-8-9-18(21)19(22)12-15;5-3(6)1-2-4(7)8/h2,8-9,12,16-17H,1,3-7,10-11,13-14H2;1-2H,(H,5,6)(H,7,8)/b;2-1+. The van der Waals surface area contributed by atoms with Gasteiger partial charge >= 0.3 is 11.9 Å². The van der Waals surface area contributed by atoms with E-state index in [4.69, 9.17) is 33.4 Å². The third-order valence-corrected chi connectivity index (χ3v) is 6.53. The molecule has 2 fully saturated rings. The number of piperidine rings is 1. The Morgan fingerprint density at radius 3 is 2.30 bits per heavy atom. The SMILES string of the molecule is C=CC1CCCN1CC1CCCCN1C(=O)Cc1ccc(Cl)c(Cl)c1.O=C(O)/C=C/C(=O)O. The number of nitrogens with zero attached hydrogens (tertiary/aromatic N) is 2. The first-order valence-corrected chi connectivity index (χ1v) is 11.7. The summed E-state index contributed by atoms with van der Waals surface area (Å²) in [6.07, 6.45) is 9.35. The van der Waals surface area contributed by atoms with Crippen LogP contribution in [0.3, 0.4) is 0 Å². The molecule has 2 aliphatic heterocycles. The van der Waals surface area contributed by atoms with Gasteiger partial charge < -0.3 is 15.1 Å². The van der Waals surface area contributed by atoms with Gasteiger partial charge in [-0.05, 0) is 56.3 Å². The predicted molar refractivity (Wildman–Crippen MR) is 129 cm³/mol. The summed E-state index contributed by atoms with van der Waals surface area (Å²) in [5.74, 6) is -2.32. The van der Waals surface area contributed by atoms with E-state index in [9.17, 15) is 14.4 Å². The van der Waals surface area contributed by atoms with Gasteiger partial charge in [-0.1, -0.05) is 35.3 Å². The second-order valence-electron chi connectivity index (χ2n) is 8.11. The van der Waals surface area contributed by atoms with E-state index < -0.39 is 11.9 Å². The number of carboxylic acid groups (broad SMARTS) is 2. The van der Waals surface area contributed by atoms with Gasteiger partial charge in [0, 0.05) is 37.3 Å². The van der Waals surface area contributed by atoms with Crippen LogP contribution in [-0.2, 0) is 20.8 Å². The second kappa shape index (κ2) is 13.4. The van der Waals surface area contributed by atoms with Crippen LogP contribution in [0.1, 0.15) is 37.7 Å². The van der Waals surface area contributed by atoms with Crippen LogP contribution in [-0.4, -0.2) is 69.6 Å². The van der Waals surface area contributed by atoms with Gasteiger partial charge in [0.1, 0.15) is 0 Å². The Balaban J connectivity index is 0.000000414. The van der Waals surface area contributed by atoms with Gasteiger partial charge in [-0.25, -0.2) is 9.59 Å². The van der Waals surface area contributed by atoms with Crippen LogP contribution in [0, 0.1) is 0 Å². The number of benzene rings is 1. The Morgan fingerprint density at radius 1 is 1.00 bits per heavy atom. The molecule has 180 valence electrons. The third-order valence-electron chi connectivity index (χ3n) is 5.79. The van der Waals surface area contributed by atoms with Crippen molar-refractivity contribution in [2.75, 3.05) is 19.6 Å². The number of halogens is 2. The smallest absolute Gasteiger partial charge is 0.328 e. The zero-order valence-corrected chi connectivity index (χ0v) is 20.0.